The summed E-state index contributed by atoms with van der Waals surface area (Å²) in [5.41, 5.74) is 1.22. The largest absolute Gasteiger partial charge is 0.379 e. The van der Waals surface area contributed by atoms with Crippen molar-refractivity contribution in [3.8, 4) is 0 Å². The molecule has 0 spiro atoms. The minimum absolute atomic E-state index is 0.641. The van der Waals surface area contributed by atoms with Crippen molar-refractivity contribution in [1.29, 1.82) is 0 Å². The number of nitrogens with one attached hydrogen (secondary N) is 2. The molecule has 0 aliphatic heterocycles. The van der Waals surface area contributed by atoms with Gasteiger partial charge in [-0.1, -0.05) is 43.7 Å². The van der Waals surface area contributed by atoms with Crippen molar-refractivity contribution in [2.75, 3.05) is 52.7 Å². The Kier molecular flexibility index (Phi) is 16.3. The smallest absolute Gasteiger partial charge is 0.191 e. The van der Waals surface area contributed by atoms with E-state index in [1.54, 1.807) is 0 Å². The van der Waals surface area contributed by atoms with Gasteiger partial charge in [0, 0.05) is 32.8 Å². The highest BCUT2D eigenvalue weighted by Gasteiger charge is 1.97. The van der Waals surface area contributed by atoms with Gasteiger partial charge in [0.25, 0.3) is 0 Å². The van der Waals surface area contributed by atoms with Crippen LogP contribution in [-0.4, -0.2) is 58.6 Å². The quantitative estimate of drug-likeness (QED) is 0.241. The molecule has 0 bridgehead atoms. The van der Waals surface area contributed by atoms with E-state index in [-0.39, 0.29) is 0 Å². The predicted molar refractivity (Wildman–Crippen MR) is 116 cm³/mol. The summed E-state index contributed by atoms with van der Waals surface area (Å²) in [6.45, 7) is 10.8. The summed E-state index contributed by atoms with van der Waals surface area (Å²) in [5.74, 6) is 0.843. The van der Waals surface area contributed by atoms with Crippen molar-refractivity contribution in [1.82, 2.24) is 10.6 Å². The highest BCUT2D eigenvalue weighted by atomic mass is 16.5. The van der Waals surface area contributed by atoms with Crippen LogP contribution in [0, 0.1) is 0 Å². The Morgan fingerprint density at radius 2 is 1.57 bits per heavy atom. The van der Waals surface area contributed by atoms with Crippen LogP contribution in [0.25, 0.3) is 0 Å². The zero-order chi connectivity index (χ0) is 20.1. The van der Waals surface area contributed by atoms with Gasteiger partial charge in [0.05, 0.1) is 26.4 Å². The average Bonchev–Trinajstić information content (AvgIpc) is 2.72. The van der Waals surface area contributed by atoms with Crippen LogP contribution >= 0.6 is 0 Å². The first-order chi connectivity index (χ1) is 13.9. The maximum Gasteiger partial charge on any atom is 0.191 e. The zero-order valence-corrected chi connectivity index (χ0v) is 17.8. The molecule has 0 saturated heterocycles. The van der Waals surface area contributed by atoms with Gasteiger partial charge in [0.15, 0.2) is 5.96 Å². The van der Waals surface area contributed by atoms with Crippen LogP contribution in [0.3, 0.4) is 0 Å². The highest BCUT2D eigenvalue weighted by molar-refractivity contribution is 5.79. The number of rotatable bonds is 17. The van der Waals surface area contributed by atoms with Crippen LogP contribution in [-0.2, 0) is 20.8 Å². The molecular formula is C22H39N3O3. The number of aliphatic imine (C=N–C) groups is 1. The van der Waals surface area contributed by atoms with E-state index in [0.717, 1.165) is 64.5 Å². The molecular weight excluding hydrogens is 354 g/mol. The van der Waals surface area contributed by atoms with E-state index in [1.165, 1.54) is 5.56 Å². The lowest BCUT2D eigenvalue weighted by molar-refractivity contribution is 0.0487. The first kappa shape index (κ1) is 24.4. The van der Waals surface area contributed by atoms with Gasteiger partial charge in [-0.05, 0) is 31.7 Å². The normalized spacial score (nSPS) is 11.6. The lowest BCUT2D eigenvalue weighted by Gasteiger charge is -2.11. The Labute approximate surface area is 171 Å². The van der Waals surface area contributed by atoms with Gasteiger partial charge in [-0.25, -0.2) is 0 Å². The Morgan fingerprint density at radius 3 is 2.32 bits per heavy atom. The average molecular weight is 394 g/mol. The molecule has 0 atom stereocenters. The van der Waals surface area contributed by atoms with E-state index in [0.29, 0.717) is 26.4 Å². The first-order valence-corrected chi connectivity index (χ1v) is 10.7. The molecule has 28 heavy (non-hydrogen) atoms. The monoisotopic (exact) mass is 393 g/mol. The number of guanidine groups is 1. The number of hydrogen-bond donors (Lipinski definition) is 2. The standard InChI is InChI=1S/C22H39N3O3/c1-3-5-15-26-18-19-27-17-14-25-22(23-4-2)24-13-9-10-16-28-20-21-11-7-6-8-12-21/h6-8,11-12H,3-5,9-10,13-20H2,1-2H3,(H2,23,24,25). The van der Waals surface area contributed by atoms with Crippen molar-refractivity contribution in [3.05, 3.63) is 35.9 Å². The van der Waals surface area contributed by atoms with Gasteiger partial charge < -0.3 is 24.8 Å². The third kappa shape index (κ3) is 14.4. The molecule has 0 unspecified atom stereocenters. The maximum absolute atomic E-state index is 5.70. The zero-order valence-electron chi connectivity index (χ0n) is 17.8. The molecule has 0 amide bonds. The molecule has 2 N–H and O–H groups in total. The first-order valence-electron chi connectivity index (χ1n) is 10.7. The molecule has 0 aliphatic carbocycles. The van der Waals surface area contributed by atoms with E-state index in [4.69, 9.17) is 14.2 Å². The van der Waals surface area contributed by atoms with Crippen LogP contribution in [0.15, 0.2) is 35.3 Å². The van der Waals surface area contributed by atoms with Crippen LogP contribution in [0.4, 0.5) is 0 Å². The highest BCUT2D eigenvalue weighted by Crippen LogP contribution is 2.01. The third-order valence-electron chi connectivity index (χ3n) is 3.98. The molecule has 1 aromatic carbocycles. The van der Waals surface area contributed by atoms with Gasteiger partial charge in [0.2, 0.25) is 0 Å². The second-order valence-corrected chi connectivity index (χ2v) is 6.51. The Hall–Kier alpha value is -1.63. The fourth-order valence-electron chi connectivity index (χ4n) is 2.42. The fourth-order valence-corrected chi connectivity index (χ4v) is 2.42. The minimum Gasteiger partial charge on any atom is -0.379 e. The number of ether oxygens (including phenoxy) is 3. The van der Waals surface area contributed by atoms with E-state index in [2.05, 4.69) is 41.6 Å². The third-order valence-corrected chi connectivity index (χ3v) is 3.98. The second kappa shape index (κ2) is 18.7. The Bertz CT molecular complexity index is 483. The Morgan fingerprint density at radius 1 is 0.821 bits per heavy atom. The summed E-state index contributed by atoms with van der Waals surface area (Å²) in [6, 6.07) is 10.3. The molecule has 6 heteroatoms. The summed E-state index contributed by atoms with van der Waals surface area (Å²) in [4.78, 5) is 4.60. The molecule has 1 aromatic rings. The molecule has 0 fully saturated rings. The number of unbranched alkanes of at least 4 members (excludes halogenated alkanes) is 2. The molecule has 0 aromatic heterocycles. The predicted octanol–water partition coefficient (Wildman–Crippen LogP) is 3.37. The van der Waals surface area contributed by atoms with Gasteiger partial charge in [-0.3, -0.25) is 4.99 Å². The van der Waals surface area contributed by atoms with Crippen molar-refractivity contribution < 1.29 is 14.2 Å². The minimum atomic E-state index is 0.641. The van der Waals surface area contributed by atoms with E-state index in [1.807, 2.05) is 18.2 Å². The number of hydrogen-bond acceptors (Lipinski definition) is 4. The van der Waals surface area contributed by atoms with Crippen LogP contribution in [0.5, 0.6) is 0 Å². The summed E-state index contributed by atoms with van der Waals surface area (Å²) in [6.07, 6.45) is 4.30. The number of nitrogens with zero attached hydrogens (tertiary/aromatic N) is 1. The van der Waals surface area contributed by atoms with Crippen molar-refractivity contribution in [3.63, 3.8) is 0 Å². The van der Waals surface area contributed by atoms with Crippen molar-refractivity contribution in [2.45, 2.75) is 46.1 Å². The fraction of sp³-hybridized carbons (Fsp3) is 0.682. The van der Waals surface area contributed by atoms with Gasteiger partial charge in [-0.15, -0.1) is 0 Å². The van der Waals surface area contributed by atoms with Crippen LogP contribution in [0.1, 0.15) is 45.1 Å². The molecule has 0 saturated carbocycles. The Balaban J connectivity index is 2.00. The van der Waals surface area contributed by atoms with Crippen LogP contribution in [0.2, 0.25) is 0 Å². The number of benzene rings is 1. The summed E-state index contributed by atoms with van der Waals surface area (Å²) >= 11 is 0. The molecule has 0 radical (unpaired) electrons. The lowest BCUT2D eigenvalue weighted by Crippen LogP contribution is -2.39. The van der Waals surface area contributed by atoms with E-state index in [9.17, 15) is 0 Å². The lowest BCUT2D eigenvalue weighted by atomic mass is 10.2. The SMILES string of the molecule is CCCCOCCOCCNC(=NCCCCOCc1ccccc1)NCC. The van der Waals surface area contributed by atoms with Crippen molar-refractivity contribution >= 4 is 5.96 Å². The summed E-state index contributed by atoms with van der Waals surface area (Å²) in [5, 5.41) is 6.56. The summed E-state index contributed by atoms with van der Waals surface area (Å²) in [7, 11) is 0. The molecule has 0 aliphatic rings. The van der Waals surface area contributed by atoms with E-state index < -0.39 is 0 Å². The summed E-state index contributed by atoms with van der Waals surface area (Å²) < 4.78 is 16.7. The van der Waals surface area contributed by atoms with Gasteiger partial charge in [0.1, 0.15) is 0 Å². The van der Waals surface area contributed by atoms with Gasteiger partial charge >= 0.3 is 0 Å². The maximum atomic E-state index is 5.70. The molecule has 6 nitrogen and oxygen atoms in total. The molecule has 160 valence electrons. The van der Waals surface area contributed by atoms with E-state index >= 15 is 0 Å². The van der Waals surface area contributed by atoms with Gasteiger partial charge in [-0.2, -0.15) is 0 Å². The topological polar surface area (TPSA) is 64.1 Å². The molecule has 0 heterocycles. The molecule has 1 rings (SSSR count). The van der Waals surface area contributed by atoms with Crippen molar-refractivity contribution in [2.24, 2.45) is 4.99 Å². The second-order valence-electron chi connectivity index (χ2n) is 6.51. The van der Waals surface area contributed by atoms with Crippen LogP contribution < -0.4 is 10.6 Å².